The molecule has 2 heterocycles. The van der Waals surface area contributed by atoms with Crippen molar-refractivity contribution in [1.82, 2.24) is 9.97 Å². The Bertz CT molecular complexity index is 698. The first kappa shape index (κ1) is 11.9. The maximum atomic E-state index is 6.18. The summed E-state index contributed by atoms with van der Waals surface area (Å²) >= 11 is 6.18. The van der Waals surface area contributed by atoms with Gasteiger partial charge in [-0.2, -0.15) is 0 Å². The van der Waals surface area contributed by atoms with E-state index in [-0.39, 0.29) is 0 Å². The van der Waals surface area contributed by atoms with E-state index in [1.807, 2.05) is 36.4 Å². The summed E-state index contributed by atoms with van der Waals surface area (Å²) in [5.74, 6) is 0. The molecule has 1 aromatic carbocycles. The first-order valence-electron chi connectivity index (χ1n) is 6.00. The molecule has 0 spiro atoms. The van der Waals surface area contributed by atoms with Crippen LogP contribution in [0.5, 0.6) is 0 Å². The number of nitrogens with zero attached hydrogens (tertiary/aromatic N) is 2. The number of aromatic nitrogens is 2. The molecule has 0 unspecified atom stereocenters. The molecule has 0 aliphatic heterocycles. The van der Waals surface area contributed by atoms with Crippen molar-refractivity contribution in [2.45, 2.75) is 6.54 Å². The van der Waals surface area contributed by atoms with Crippen molar-refractivity contribution in [1.29, 1.82) is 0 Å². The van der Waals surface area contributed by atoms with Gasteiger partial charge in [0.15, 0.2) is 0 Å². The van der Waals surface area contributed by atoms with Crippen molar-refractivity contribution in [2.75, 3.05) is 5.32 Å². The molecule has 0 saturated heterocycles. The first-order chi connectivity index (χ1) is 9.34. The van der Waals surface area contributed by atoms with E-state index in [1.54, 1.807) is 18.6 Å². The first-order valence-corrected chi connectivity index (χ1v) is 6.38. The van der Waals surface area contributed by atoms with Crippen molar-refractivity contribution in [3.8, 4) is 0 Å². The molecule has 0 bridgehead atoms. The Balaban J connectivity index is 1.91. The van der Waals surface area contributed by atoms with Gasteiger partial charge in [-0.3, -0.25) is 9.97 Å². The van der Waals surface area contributed by atoms with Crippen LogP contribution in [0.15, 0.2) is 55.0 Å². The normalized spacial score (nSPS) is 10.6. The number of benzene rings is 1. The van der Waals surface area contributed by atoms with Gasteiger partial charge >= 0.3 is 0 Å². The summed E-state index contributed by atoms with van der Waals surface area (Å²) in [6.07, 6.45) is 5.34. The van der Waals surface area contributed by atoms with Gasteiger partial charge < -0.3 is 5.32 Å². The fourth-order valence-electron chi connectivity index (χ4n) is 2.00. The van der Waals surface area contributed by atoms with E-state index < -0.39 is 0 Å². The highest BCUT2D eigenvalue weighted by atomic mass is 35.5. The minimum Gasteiger partial charge on any atom is -0.380 e. The lowest BCUT2D eigenvalue weighted by molar-refractivity contribution is 1.14. The number of hydrogen-bond acceptors (Lipinski definition) is 3. The fourth-order valence-corrected chi connectivity index (χ4v) is 2.22. The Kier molecular flexibility index (Phi) is 3.29. The largest absolute Gasteiger partial charge is 0.380 e. The Hall–Kier alpha value is -2.13. The van der Waals surface area contributed by atoms with Crippen molar-refractivity contribution >= 4 is 28.2 Å². The number of fused-ring (bicyclic) bond motifs is 1. The Morgan fingerprint density at radius 3 is 2.79 bits per heavy atom. The van der Waals surface area contributed by atoms with E-state index in [0.29, 0.717) is 6.54 Å². The average molecular weight is 270 g/mol. The molecule has 94 valence electrons. The van der Waals surface area contributed by atoms with Gasteiger partial charge in [0, 0.05) is 35.5 Å². The number of nitrogens with one attached hydrogen (secondary N) is 1. The third kappa shape index (κ3) is 2.51. The molecule has 0 fully saturated rings. The maximum Gasteiger partial charge on any atom is 0.0766 e. The molecule has 19 heavy (non-hydrogen) atoms. The summed E-state index contributed by atoms with van der Waals surface area (Å²) in [6.45, 7) is 0.691. The maximum absolute atomic E-state index is 6.18. The van der Waals surface area contributed by atoms with E-state index in [0.717, 1.165) is 27.2 Å². The molecule has 0 saturated carbocycles. The van der Waals surface area contributed by atoms with Crippen LogP contribution in [0.2, 0.25) is 5.02 Å². The average Bonchev–Trinajstić information content (AvgIpc) is 2.48. The van der Waals surface area contributed by atoms with E-state index in [2.05, 4.69) is 15.3 Å². The SMILES string of the molecule is Clc1ccc(CNc2cccnc2)c2ncccc12. The molecule has 1 N–H and O–H groups in total. The lowest BCUT2D eigenvalue weighted by Crippen LogP contribution is -2.01. The molecule has 3 nitrogen and oxygen atoms in total. The molecule has 0 atom stereocenters. The lowest BCUT2D eigenvalue weighted by atomic mass is 10.1. The van der Waals surface area contributed by atoms with Gasteiger partial charge in [0.05, 0.1) is 11.2 Å². The number of pyridine rings is 2. The van der Waals surface area contributed by atoms with Crippen molar-refractivity contribution in [3.05, 3.63) is 65.6 Å². The highest BCUT2D eigenvalue weighted by molar-refractivity contribution is 6.35. The van der Waals surface area contributed by atoms with Gasteiger partial charge in [0.25, 0.3) is 0 Å². The highest BCUT2D eigenvalue weighted by Gasteiger charge is 2.05. The van der Waals surface area contributed by atoms with Crippen LogP contribution in [0.4, 0.5) is 5.69 Å². The summed E-state index contributed by atoms with van der Waals surface area (Å²) in [5.41, 5.74) is 3.04. The summed E-state index contributed by atoms with van der Waals surface area (Å²) in [5, 5.41) is 5.04. The van der Waals surface area contributed by atoms with Crippen molar-refractivity contribution in [2.24, 2.45) is 0 Å². The fraction of sp³-hybridized carbons (Fsp3) is 0.0667. The lowest BCUT2D eigenvalue weighted by Gasteiger charge is -2.09. The zero-order valence-electron chi connectivity index (χ0n) is 10.2. The van der Waals surface area contributed by atoms with Gasteiger partial charge in [0.1, 0.15) is 0 Å². The minimum absolute atomic E-state index is 0.691. The van der Waals surface area contributed by atoms with Gasteiger partial charge in [-0.15, -0.1) is 0 Å². The number of hydrogen-bond donors (Lipinski definition) is 1. The van der Waals surface area contributed by atoms with Crippen LogP contribution in [0.25, 0.3) is 10.9 Å². The standard InChI is InChI=1S/C15H12ClN3/c16-14-6-5-11(15-13(14)4-2-8-18-15)9-19-12-3-1-7-17-10-12/h1-8,10,19H,9H2. The third-order valence-corrected chi connectivity index (χ3v) is 3.27. The third-order valence-electron chi connectivity index (χ3n) is 2.94. The number of rotatable bonds is 3. The molecule has 3 aromatic rings. The van der Waals surface area contributed by atoms with Crippen LogP contribution in [-0.2, 0) is 6.54 Å². The number of halogens is 1. The number of anilines is 1. The summed E-state index contributed by atoms with van der Waals surface area (Å²) < 4.78 is 0. The quantitative estimate of drug-likeness (QED) is 0.784. The van der Waals surface area contributed by atoms with Crippen molar-refractivity contribution < 1.29 is 0 Å². The Labute approximate surface area is 116 Å². The monoisotopic (exact) mass is 269 g/mol. The molecular formula is C15H12ClN3. The van der Waals surface area contributed by atoms with Crippen LogP contribution >= 0.6 is 11.6 Å². The van der Waals surface area contributed by atoms with Crippen LogP contribution in [0, 0.1) is 0 Å². The molecule has 0 aliphatic rings. The molecular weight excluding hydrogens is 258 g/mol. The molecule has 0 aliphatic carbocycles. The molecule has 0 amide bonds. The van der Waals surface area contributed by atoms with E-state index in [1.165, 1.54) is 0 Å². The van der Waals surface area contributed by atoms with Gasteiger partial charge in [-0.05, 0) is 35.9 Å². The Morgan fingerprint density at radius 1 is 1.05 bits per heavy atom. The molecule has 2 aromatic heterocycles. The summed E-state index contributed by atoms with van der Waals surface area (Å²) in [6, 6.07) is 11.7. The van der Waals surface area contributed by atoms with E-state index in [4.69, 9.17) is 11.6 Å². The van der Waals surface area contributed by atoms with Crippen LogP contribution in [-0.4, -0.2) is 9.97 Å². The van der Waals surface area contributed by atoms with E-state index >= 15 is 0 Å². The highest BCUT2D eigenvalue weighted by Crippen LogP contribution is 2.25. The zero-order chi connectivity index (χ0) is 13.1. The van der Waals surface area contributed by atoms with Crippen LogP contribution < -0.4 is 5.32 Å². The second-order valence-corrected chi connectivity index (χ2v) is 4.61. The summed E-state index contributed by atoms with van der Waals surface area (Å²) in [4.78, 5) is 8.49. The molecule has 3 rings (SSSR count). The second kappa shape index (κ2) is 5.24. The van der Waals surface area contributed by atoms with Gasteiger partial charge in [-0.25, -0.2) is 0 Å². The predicted octanol–water partition coefficient (Wildman–Crippen LogP) is 3.90. The molecule has 0 radical (unpaired) electrons. The molecule has 4 heteroatoms. The second-order valence-electron chi connectivity index (χ2n) is 4.20. The minimum atomic E-state index is 0.691. The summed E-state index contributed by atoms with van der Waals surface area (Å²) in [7, 11) is 0. The smallest absolute Gasteiger partial charge is 0.0766 e. The van der Waals surface area contributed by atoms with E-state index in [9.17, 15) is 0 Å². The zero-order valence-corrected chi connectivity index (χ0v) is 10.9. The van der Waals surface area contributed by atoms with Crippen LogP contribution in [0.1, 0.15) is 5.56 Å². The van der Waals surface area contributed by atoms with Gasteiger partial charge in [-0.1, -0.05) is 17.7 Å². The predicted molar refractivity (Wildman–Crippen MR) is 78.3 cm³/mol. The Morgan fingerprint density at radius 2 is 1.95 bits per heavy atom. The van der Waals surface area contributed by atoms with Gasteiger partial charge in [0.2, 0.25) is 0 Å². The van der Waals surface area contributed by atoms with Crippen molar-refractivity contribution in [3.63, 3.8) is 0 Å². The van der Waals surface area contributed by atoms with Crippen LogP contribution in [0.3, 0.4) is 0 Å². The topological polar surface area (TPSA) is 37.8 Å².